The molecule has 0 aromatic carbocycles. The quantitative estimate of drug-likeness (QED) is 0.770. The summed E-state index contributed by atoms with van der Waals surface area (Å²) in [6.07, 6.45) is 7.39. The molecule has 2 fully saturated rings. The number of likely N-dealkylation sites (tertiary alicyclic amines) is 2. The predicted molar refractivity (Wildman–Crippen MR) is 110 cm³/mol. The number of methoxy groups -OCH3 is 1. The summed E-state index contributed by atoms with van der Waals surface area (Å²) in [5.74, 6) is 0.954. The molecule has 3 aliphatic heterocycles. The molecule has 0 N–H and O–H groups in total. The van der Waals surface area contributed by atoms with Crippen LogP contribution in [-0.4, -0.2) is 57.6 Å². The maximum Gasteiger partial charge on any atom is 0.316 e. The monoisotopic (exact) mass is 395 g/mol. The van der Waals surface area contributed by atoms with E-state index in [-0.39, 0.29) is 5.56 Å². The number of rotatable bonds is 5. The third-order valence-electron chi connectivity index (χ3n) is 6.62. The maximum absolute atomic E-state index is 13.2. The lowest BCUT2D eigenvalue weighted by atomic mass is 9.83. The molecule has 0 radical (unpaired) electrons. The molecular weight excluding hydrogens is 366 g/mol. The van der Waals surface area contributed by atoms with Crippen LogP contribution in [0.25, 0.3) is 0 Å². The molecule has 2 atom stereocenters. The number of nitrogens with zero attached hydrogens (tertiary/aromatic N) is 5. The number of hydrogen-bond donors (Lipinski definition) is 0. The summed E-state index contributed by atoms with van der Waals surface area (Å²) >= 11 is 0. The zero-order valence-electron chi connectivity index (χ0n) is 17.1. The van der Waals surface area contributed by atoms with Crippen molar-refractivity contribution in [2.75, 3.05) is 33.3 Å². The summed E-state index contributed by atoms with van der Waals surface area (Å²) in [6, 6.07) is 4.71. The molecule has 5 heterocycles. The lowest BCUT2D eigenvalue weighted by molar-refractivity contribution is 0.114. The van der Waals surface area contributed by atoms with Crippen LogP contribution in [0.1, 0.15) is 42.0 Å². The van der Waals surface area contributed by atoms with Crippen molar-refractivity contribution in [3.05, 3.63) is 51.7 Å². The molecule has 154 valence electrons. The number of aromatic nitrogens is 3. The second-order valence-electron chi connectivity index (χ2n) is 8.75. The Balaban J connectivity index is 1.32. The Morgan fingerprint density at radius 3 is 2.59 bits per heavy atom. The van der Waals surface area contributed by atoms with Gasteiger partial charge in [0.1, 0.15) is 0 Å². The molecule has 7 nitrogen and oxygen atoms in total. The number of fused-ring (bicyclic) bond motifs is 4. The van der Waals surface area contributed by atoms with Gasteiger partial charge in [0.25, 0.3) is 5.56 Å². The average molecular weight is 396 g/mol. The first-order chi connectivity index (χ1) is 14.2. The van der Waals surface area contributed by atoms with Gasteiger partial charge in [-0.25, -0.2) is 9.97 Å². The van der Waals surface area contributed by atoms with Crippen LogP contribution in [0.2, 0.25) is 0 Å². The molecule has 2 bridgehead atoms. The van der Waals surface area contributed by atoms with Crippen LogP contribution in [0, 0.1) is 5.92 Å². The lowest BCUT2D eigenvalue weighted by Gasteiger charge is -2.43. The van der Waals surface area contributed by atoms with Gasteiger partial charge in [-0.2, -0.15) is 0 Å². The topological polar surface area (TPSA) is 63.5 Å². The minimum atomic E-state index is 0.237. The molecule has 2 aromatic heterocycles. The van der Waals surface area contributed by atoms with E-state index in [1.807, 2.05) is 12.4 Å². The Bertz CT molecular complexity index is 920. The highest BCUT2D eigenvalue weighted by Crippen LogP contribution is 2.35. The molecule has 3 aliphatic rings. The normalized spacial score (nSPS) is 24.4. The summed E-state index contributed by atoms with van der Waals surface area (Å²) in [6.45, 7) is 6.73. The molecule has 7 heteroatoms. The molecule has 0 amide bonds. The Kier molecular flexibility index (Phi) is 5.09. The average Bonchev–Trinajstić information content (AvgIpc) is 3.24. The third kappa shape index (κ3) is 3.81. The second-order valence-corrected chi connectivity index (χ2v) is 8.75. The van der Waals surface area contributed by atoms with Crippen molar-refractivity contribution < 1.29 is 4.74 Å². The van der Waals surface area contributed by atoms with Crippen molar-refractivity contribution in [3.63, 3.8) is 0 Å². The molecule has 0 saturated carbocycles. The van der Waals surface area contributed by atoms with Crippen molar-refractivity contribution in [1.29, 1.82) is 0 Å². The van der Waals surface area contributed by atoms with Crippen LogP contribution < -0.4 is 10.3 Å². The van der Waals surface area contributed by atoms with E-state index in [4.69, 9.17) is 4.74 Å². The summed E-state index contributed by atoms with van der Waals surface area (Å²) in [5, 5.41) is 0. The van der Waals surface area contributed by atoms with Crippen molar-refractivity contribution in [3.8, 4) is 6.01 Å². The van der Waals surface area contributed by atoms with E-state index in [0.717, 1.165) is 56.9 Å². The first-order valence-electron chi connectivity index (χ1n) is 10.7. The molecule has 2 saturated heterocycles. The van der Waals surface area contributed by atoms with E-state index in [9.17, 15) is 4.79 Å². The Labute approximate surface area is 171 Å². The standard InChI is InChI=1S/C22H29N5O2/c1-29-22-23-9-17(10-24-22)12-26-11-16-8-19(15-26)20-5-4-18(21(28)27(20)13-16)14-25-6-2-3-7-25/h4-5,9-10,16,19H,2-3,6-8,11-15H2,1H3/t16-,19+/m0/s1. The van der Waals surface area contributed by atoms with Crippen LogP contribution in [0.4, 0.5) is 0 Å². The smallest absolute Gasteiger partial charge is 0.316 e. The second kappa shape index (κ2) is 7.88. The molecular formula is C22H29N5O2. The molecule has 2 aromatic rings. The zero-order valence-corrected chi connectivity index (χ0v) is 17.1. The van der Waals surface area contributed by atoms with Crippen molar-refractivity contribution in [2.45, 2.75) is 44.8 Å². The molecule has 5 rings (SSSR count). The Morgan fingerprint density at radius 2 is 1.83 bits per heavy atom. The summed E-state index contributed by atoms with van der Waals surface area (Å²) in [7, 11) is 1.58. The highest BCUT2D eigenvalue weighted by molar-refractivity contribution is 5.23. The van der Waals surface area contributed by atoms with Crippen molar-refractivity contribution in [2.24, 2.45) is 5.92 Å². The highest BCUT2D eigenvalue weighted by Gasteiger charge is 2.35. The van der Waals surface area contributed by atoms with Crippen molar-refractivity contribution >= 4 is 0 Å². The number of ether oxygens (including phenoxy) is 1. The van der Waals surface area contributed by atoms with Gasteiger partial charge < -0.3 is 9.30 Å². The van der Waals surface area contributed by atoms with Crippen LogP contribution in [0.3, 0.4) is 0 Å². The Morgan fingerprint density at radius 1 is 1.03 bits per heavy atom. The van der Waals surface area contributed by atoms with Crippen LogP contribution in [0.5, 0.6) is 6.01 Å². The fraction of sp³-hybridized carbons (Fsp3) is 0.591. The summed E-state index contributed by atoms with van der Waals surface area (Å²) in [4.78, 5) is 26.5. The van der Waals surface area contributed by atoms with Gasteiger partial charge in [-0.3, -0.25) is 14.6 Å². The van der Waals surface area contributed by atoms with E-state index in [0.29, 0.717) is 17.8 Å². The van der Waals surface area contributed by atoms with Crippen LogP contribution in [-0.2, 0) is 19.6 Å². The number of hydrogen-bond acceptors (Lipinski definition) is 6. The molecule has 0 spiro atoms. The van der Waals surface area contributed by atoms with Gasteiger partial charge in [0.15, 0.2) is 0 Å². The van der Waals surface area contributed by atoms with Gasteiger partial charge in [-0.1, -0.05) is 6.07 Å². The van der Waals surface area contributed by atoms with E-state index < -0.39 is 0 Å². The van der Waals surface area contributed by atoms with Gasteiger partial charge in [0.2, 0.25) is 0 Å². The highest BCUT2D eigenvalue weighted by atomic mass is 16.5. The lowest BCUT2D eigenvalue weighted by Crippen LogP contribution is -2.47. The molecule has 29 heavy (non-hydrogen) atoms. The van der Waals surface area contributed by atoms with E-state index in [2.05, 4.69) is 36.5 Å². The first kappa shape index (κ1) is 18.8. The zero-order chi connectivity index (χ0) is 19.8. The van der Waals surface area contributed by atoms with E-state index in [1.165, 1.54) is 25.0 Å². The van der Waals surface area contributed by atoms with Crippen LogP contribution in [0.15, 0.2) is 29.3 Å². The Hall–Kier alpha value is -2.25. The van der Waals surface area contributed by atoms with Gasteiger partial charge in [0, 0.05) is 67.9 Å². The van der Waals surface area contributed by atoms with Crippen LogP contribution >= 0.6 is 0 Å². The fourth-order valence-electron chi connectivity index (χ4n) is 5.31. The number of piperidine rings is 1. The summed E-state index contributed by atoms with van der Waals surface area (Å²) in [5.41, 5.74) is 3.51. The SMILES string of the molecule is COc1ncc(CN2C[C@@H]3C[C@H](C2)c2ccc(CN4CCCC4)c(=O)n2C3)cn1. The van der Waals surface area contributed by atoms with Crippen molar-refractivity contribution in [1.82, 2.24) is 24.3 Å². The molecule has 0 aliphatic carbocycles. The van der Waals surface area contributed by atoms with E-state index >= 15 is 0 Å². The fourth-order valence-corrected chi connectivity index (χ4v) is 5.31. The third-order valence-corrected chi connectivity index (χ3v) is 6.62. The largest absolute Gasteiger partial charge is 0.467 e. The minimum Gasteiger partial charge on any atom is -0.467 e. The minimum absolute atomic E-state index is 0.237. The van der Waals surface area contributed by atoms with Gasteiger partial charge in [-0.05, 0) is 44.3 Å². The van der Waals surface area contributed by atoms with Gasteiger partial charge >= 0.3 is 6.01 Å². The predicted octanol–water partition coefficient (Wildman–Crippen LogP) is 1.86. The maximum atomic E-state index is 13.2. The first-order valence-corrected chi connectivity index (χ1v) is 10.7. The van der Waals surface area contributed by atoms with Gasteiger partial charge in [-0.15, -0.1) is 0 Å². The summed E-state index contributed by atoms with van der Waals surface area (Å²) < 4.78 is 7.13. The van der Waals surface area contributed by atoms with E-state index in [1.54, 1.807) is 7.11 Å². The van der Waals surface area contributed by atoms with Gasteiger partial charge in [0.05, 0.1) is 7.11 Å². The molecule has 0 unspecified atom stereocenters. The number of pyridine rings is 1.